The van der Waals surface area contributed by atoms with Crippen LogP contribution in [-0.2, 0) is 0 Å². The van der Waals surface area contributed by atoms with Crippen LogP contribution in [0.3, 0.4) is 0 Å². The molecule has 23 heavy (non-hydrogen) atoms. The summed E-state index contributed by atoms with van der Waals surface area (Å²) in [6, 6.07) is 2.17. The number of hydrogen-bond donors (Lipinski definition) is 2. The molecule has 0 saturated carbocycles. The van der Waals surface area contributed by atoms with Crippen molar-refractivity contribution in [3.63, 3.8) is 0 Å². The summed E-state index contributed by atoms with van der Waals surface area (Å²) in [5.74, 6) is 1.92. The molecule has 1 aliphatic heterocycles. The first kappa shape index (κ1) is 14.6. The van der Waals surface area contributed by atoms with E-state index in [0.717, 1.165) is 42.0 Å². The van der Waals surface area contributed by atoms with Gasteiger partial charge in [0, 0.05) is 30.4 Å². The van der Waals surface area contributed by atoms with Crippen molar-refractivity contribution in [1.82, 2.24) is 19.9 Å². The summed E-state index contributed by atoms with van der Waals surface area (Å²) in [7, 11) is 0. The van der Waals surface area contributed by atoms with E-state index >= 15 is 0 Å². The van der Waals surface area contributed by atoms with E-state index in [0.29, 0.717) is 5.82 Å². The van der Waals surface area contributed by atoms with E-state index < -0.39 is 6.10 Å². The molecule has 2 N–H and O–H groups in total. The van der Waals surface area contributed by atoms with Crippen molar-refractivity contribution in [2.24, 2.45) is 5.92 Å². The molecule has 4 rings (SSSR count). The second kappa shape index (κ2) is 5.90. The fourth-order valence-electron chi connectivity index (χ4n) is 3.31. The van der Waals surface area contributed by atoms with Crippen LogP contribution in [0.25, 0.3) is 10.2 Å². The predicted molar refractivity (Wildman–Crippen MR) is 90.6 cm³/mol. The fraction of sp³-hybridized carbons (Fsp3) is 0.438. The number of piperidine rings is 1. The number of rotatable bonds is 3. The van der Waals surface area contributed by atoms with Crippen LogP contribution in [-0.4, -0.2) is 38.1 Å². The molecular weight excluding hydrogens is 310 g/mol. The van der Waals surface area contributed by atoms with Crippen LogP contribution in [0.2, 0.25) is 0 Å². The molecule has 1 fully saturated rings. The number of nitrogens with zero attached hydrogens (tertiary/aromatic N) is 4. The topological polar surface area (TPSA) is 77.9 Å². The number of fused-ring (bicyclic) bond motifs is 1. The Morgan fingerprint density at radius 1 is 1.30 bits per heavy atom. The highest BCUT2D eigenvalue weighted by molar-refractivity contribution is 7.18. The first-order valence-electron chi connectivity index (χ1n) is 7.86. The third-order valence-electron chi connectivity index (χ3n) is 4.52. The zero-order valence-electron chi connectivity index (χ0n) is 12.9. The molecule has 0 radical (unpaired) electrons. The zero-order chi connectivity index (χ0) is 15.8. The van der Waals surface area contributed by atoms with E-state index in [2.05, 4.69) is 37.8 Å². The maximum Gasteiger partial charge on any atom is 0.140 e. The molecule has 0 aromatic carbocycles. The maximum absolute atomic E-state index is 10.4. The molecule has 1 saturated heterocycles. The van der Waals surface area contributed by atoms with Gasteiger partial charge in [-0.15, -0.1) is 11.3 Å². The summed E-state index contributed by atoms with van der Waals surface area (Å²) < 4.78 is 0. The van der Waals surface area contributed by atoms with Gasteiger partial charge in [0.15, 0.2) is 0 Å². The predicted octanol–water partition coefficient (Wildman–Crippen LogP) is 2.67. The minimum atomic E-state index is -0.513. The van der Waals surface area contributed by atoms with Crippen molar-refractivity contribution in [3.8, 4) is 0 Å². The van der Waals surface area contributed by atoms with Gasteiger partial charge in [-0.05, 0) is 31.7 Å². The van der Waals surface area contributed by atoms with Crippen LogP contribution < -0.4 is 4.90 Å². The number of anilines is 1. The Bertz CT molecular complexity index is 792. The monoisotopic (exact) mass is 329 g/mol. The minimum absolute atomic E-state index is 0.235. The Morgan fingerprint density at radius 3 is 2.87 bits per heavy atom. The molecule has 3 aromatic rings. The molecular formula is C16H19N5OS. The van der Waals surface area contributed by atoms with Gasteiger partial charge in [0.25, 0.3) is 0 Å². The molecule has 7 heteroatoms. The van der Waals surface area contributed by atoms with Crippen LogP contribution in [0.5, 0.6) is 0 Å². The van der Waals surface area contributed by atoms with Crippen LogP contribution in [0.1, 0.15) is 29.6 Å². The molecule has 3 aromatic heterocycles. The van der Waals surface area contributed by atoms with Gasteiger partial charge in [-0.3, -0.25) is 0 Å². The lowest BCUT2D eigenvalue weighted by Gasteiger charge is -2.34. The van der Waals surface area contributed by atoms with Crippen molar-refractivity contribution >= 4 is 27.4 Å². The van der Waals surface area contributed by atoms with Crippen molar-refractivity contribution in [2.45, 2.75) is 25.9 Å². The van der Waals surface area contributed by atoms with Gasteiger partial charge < -0.3 is 15.0 Å². The molecule has 120 valence electrons. The van der Waals surface area contributed by atoms with Crippen LogP contribution in [0.15, 0.2) is 24.8 Å². The number of aliphatic hydroxyl groups excluding tert-OH is 1. The van der Waals surface area contributed by atoms with Gasteiger partial charge >= 0.3 is 0 Å². The van der Waals surface area contributed by atoms with Crippen LogP contribution in [0.4, 0.5) is 5.82 Å². The Kier molecular flexibility index (Phi) is 3.74. The number of H-pyrrole nitrogens is 1. The van der Waals surface area contributed by atoms with E-state index in [1.807, 2.05) is 0 Å². The van der Waals surface area contributed by atoms with E-state index in [1.165, 1.54) is 4.88 Å². The number of hydrogen-bond acceptors (Lipinski definition) is 6. The highest BCUT2D eigenvalue weighted by Crippen LogP contribution is 2.34. The van der Waals surface area contributed by atoms with Gasteiger partial charge in [-0.25, -0.2) is 15.0 Å². The molecule has 0 spiro atoms. The average Bonchev–Trinajstić information content (AvgIpc) is 3.22. The maximum atomic E-state index is 10.4. The van der Waals surface area contributed by atoms with E-state index in [1.54, 1.807) is 30.1 Å². The largest absolute Gasteiger partial charge is 0.385 e. The number of aliphatic hydroxyl groups is 1. The Balaban J connectivity index is 1.51. The summed E-state index contributed by atoms with van der Waals surface area (Å²) in [6.45, 7) is 3.88. The molecule has 6 nitrogen and oxygen atoms in total. The highest BCUT2D eigenvalue weighted by Gasteiger charge is 2.28. The number of aromatic amines is 1. The van der Waals surface area contributed by atoms with Gasteiger partial charge in [0.05, 0.1) is 5.39 Å². The SMILES string of the molecule is Cc1cc2c(N3CCC(C(O)c4ncc[nH]4)CC3)ncnc2s1. The van der Waals surface area contributed by atoms with Crippen molar-refractivity contribution in [3.05, 3.63) is 35.5 Å². The first-order chi connectivity index (χ1) is 11.2. The molecule has 1 atom stereocenters. The second-order valence-electron chi connectivity index (χ2n) is 6.02. The number of aryl methyl sites for hydroxylation is 1. The average molecular weight is 329 g/mol. The first-order valence-corrected chi connectivity index (χ1v) is 8.67. The standard InChI is InChI=1S/C16H19N5OS/c1-10-8-12-15(19-9-20-16(12)23-10)21-6-2-11(3-7-21)13(22)14-17-4-5-18-14/h4-5,8-9,11,13,22H,2-3,6-7H2,1H3,(H,17,18). The lowest BCUT2D eigenvalue weighted by molar-refractivity contribution is 0.0856. The molecule has 1 aliphatic rings. The molecule has 1 unspecified atom stereocenters. The summed E-state index contributed by atoms with van der Waals surface area (Å²) in [4.78, 5) is 20.7. The number of imidazole rings is 1. The molecule has 0 amide bonds. The highest BCUT2D eigenvalue weighted by atomic mass is 32.1. The number of nitrogens with one attached hydrogen (secondary N) is 1. The third kappa shape index (κ3) is 2.70. The summed E-state index contributed by atoms with van der Waals surface area (Å²) in [6.07, 6.45) is 6.43. The Labute approximate surface area is 138 Å². The fourth-order valence-corrected chi connectivity index (χ4v) is 4.15. The van der Waals surface area contributed by atoms with E-state index in [4.69, 9.17) is 0 Å². The Hall–Kier alpha value is -1.99. The van der Waals surface area contributed by atoms with Crippen molar-refractivity contribution in [2.75, 3.05) is 18.0 Å². The molecule has 0 bridgehead atoms. The van der Waals surface area contributed by atoms with E-state index in [-0.39, 0.29) is 5.92 Å². The van der Waals surface area contributed by atoms with Crippen LogP contribution >= 0.6 is 11.3 Å². The van der Waals surface area contributed by atoms with Gasteiger partial charge in [0.2, 0.25) is 0 Å². The smallest absolute Gasteiger partial charge is 0.140 e. The zero-order valence-corrected chi connectivity index (χ0v) is 13.8. The molecule has 4 heterocycles. The van der Waals surface area contributed by atoms with E-state index in [9.17, 15) is 5.11 Å². The summed E-state index contributed by atoms with van der Waals surface area (Å²) >= 11 is 1.70. The lowest BCUT2D eigenvalue weighted by Crippen LogP contribution is -2.36. The number of aromatic nitrogens is 4. The molecule has 0 aliphatic carbocycles. The Morgan fingerprint density at radius 2 is 2.13 bits per heavy atom. The van der Waals surface area contributed by atoms with Gasteiger partial charge in [-0.1, -0.05) is 0 Å². The lowest BCUT2D eigenvalue weighted by atomic mass is 9.91. The van der Waals surface area contributed by atoms with Crippen molar-refractivity contribution < 1.29 is 5.11 Å². The minimum Gasteiger partial charge on any atom is -0.385 e. The summed E-state index contributed by atoms with van der Waals surface area (Å²) in [5, 5.41) is 11.6. The van der Waals surface area contributed by atoms with Gasteiger partial charge in [-0.2, -0.15) is 0 Å². The normalized spacial score (nSPS) is 17.7. The third-order valence-corrected chi connectivity index (χ3v) is 5.48. The second-order valence-corrected chi connectivity index (χ2v) is 7.25. The van der Waals surface area contributed by atoms with Crippen LogP contribution in [0, 0.1) is 12.8 Å². The quantitative estimate of drug-likeness (QED) is 0.772. The van der Waals surface area contributed by atoms with Gasteiger partial charge in [0.1, 0.15) is 28.9 Å². The number of thiophene rings is 1. The van der Waals surface area contributed by atoms with Crippen molar-refractivity contribution in [1.29, 1.82) is 0 Å². The summed E-state index contributed by atoms with van der Waals surface area (Å²) in [5.41, 5.74) is 0.